The van der Waals surface area contributed by atoms with E-state index in [0.29, 0.717) is 8.92 Å². The molecule has 1 heterocycles. The van der Waals surface area contributed by atoms with Crippen LogP contribution in [0.3, 0.4) is 0 Å². The van der Waals surface area contributed by atoms with E-state index in [1.54, 1.807) is 12.1 Å². The molecule has 0 N–H and O–H groups in total. The van der Waals surface area contributed by atoms with Crippen molar-refractivity contribution in [3.8, 4) is 11.1 Å². The fourth-order valence-corrected chi connectivity index (χ4v) is 7.05. The first-order chi connectivity index (χ1) is 8.00. The predicted molar refractivity (Wildman–Crippen MR) is 73.7 cm³/mol. The molecule has 0 saturated heterocycles. The third-order valence-electron chi connectivity index (χ3n) is 2.76. The molecule has 3 rings (SSSR count). The van der Waals surface area contributed by atoms with Crippen LogP contribution in [0.4, 0.5) is 0 Å². The van der Waals surface area contributed by atoms with Crippen LogP contribution in [0.5, 0.6) is 0 Å². The van der Waals surface area contributed by atoms with Crippen molar-refractivity contribution in [2.75, 3.05) is 0 Å². The number of rotatable bonds is 0. The first-order valence-electron chi connectivity index (χ1n) is 4.85. The molecule has 0 saturated carbocycles. The van der Waals surface area contributed by atoms with Crippen LogP contribution in [0, 0.1) is 0 Å². The number of fused-ring (bicyclic) bond motifs is 3. The second-order valence-corrected chi connectivity index (χ2v) is 9.57. The molecule has 2 aromatic rings. The molecule has 0 unspecified atom stereocenters. The fraction of sp³-hybridized carbons (Fsp3) is 0. The summed E-state index contributed by atoms with van der Waals surface area (Å²) in [6.07, 6.45) is 0. The van der Waals surface area contributed by atoms with E-state index in [1.807, 2.05) is 24.3 Å². The molecule has 86 valence electrons. The summed E-state index contributed by atoms with van der Waals surface area (Å²) in [5.74, 6) is 0. The van der Waals surface area contributed by atoms with Gasteiger partial charge >= 0.3 is 118 Å². The SMILES string of the molecule is O=[Se]1(=O)c2cc(Br)ccc2-c2ccc(Br)cc21. The Labute approximate surface area is 117 Å². The van der Waals surface area contributed by atoms with Gasteiger partial charge in [0.15, 0.2) is 0 Å². The summed E-state index contributed by atoms with van der Waals surface area (Å²) in [6, 6.07) is 10.8. The molecule has 0 aliphatic carbocycles. The van der Waals surface area contributed by atoms with Gasteiger partial charge in [0.05, 0.1) is 0 Å². The van der Waals surface area contributed by atoms with Crippen molar-refractivity contribution in [2.24, 2.45) is 0 Å². The second-order valence-electron chi connectivity index (χ2n) is 3.78. The normalized spacial score (nSPS) is 15.4. The maximum absolute atomic E-state index is 12.4. The summed E-state index contributed by atoms with van der Waals surface area (Å²) in [7, 11) is 0. The van der Waals surface area contributed by atoms with E-state index in [0.717, 1.165) is 20.1 Å². The third-order valence-corrected chi connectivity index (χ3v) is 7.59. The average Bonchev–Trinajstić information content (AvgIpc) is 2.49. The Morgan fingerprint density at radius 2 is 1.18 bits per heavy atom. The zero-order chi connectivity index (χ0) is 12.2. The van der Waals surface area contributed by atoms with Gasteiger partial charge in [-0.1, -0.05) is 0 Å². The molecule has 1 aliphatic heterocycles. The molecular weight excluding hydrogens is 415 g/mol. The van der Waals surface area contributed by atoms with E-state index in [1.165, 1.54) is 0 Å². The fourth-order valence-electron chi connectivity index (χ4n) is 2.00. The van der Waals surface area contributed by atoms with Gasteiger partial charge in [-0.15, -0.1) is 0 Å². The van der Waals surface area contributed by atoms with Gasteiger partial charge in [0.2, 0.25) is 0 Å². The first-order valence-corrected chi connectivity index (χ1v) is 9.54. The number of hydrogen-bond donors (Lipinski definition) is 0. The Morgan fingerprint density at radius 3 is 1.59 bits per heavy atom. The summed E-state index contributed by atoms with van der Waals surface area (Å²) in [6.45, 7) is 0. The molecular formula is C12H6Br2O2Se. The molecule has 2 nitrogen and oxygen atoms in total. The Morgan fingerprint density at radius 1 is 0.765 bits per heavy atom. The Hall–Kier alpha value is -0.481. The van der Waals surface area contributed by atoms with E-state index < -0.39 is 12.7 Å². The van der Waals surface area contributed by atoms with Crippen molar-refractivity contribution in [3.63, 3.8) is 0 Å². The number of benzene rings is 2. The van der Waals surface area contributed by atoms with Crippen LogP contribution in [0.2, 0.25) is 0 Å². The van der Waals surface area contributed by atoms with Gasteiger partial charge in [0.25, 0.3) is 0 Å². The third kappa shape index (κ3) is 1.65. The molecule has 0 amide bonds. The van der Waals surface area contributed by atoms with E-state index in [-0.39, 0.29) is 0 Å². The first kappa shape index (κ1) is 11.6. The Kier molecular flexibility index (Phi) is 2.56. The zero-order valence-corrected chi connectivity index (χ0v) is 13.3. The molecule has 0 aromatic heterocycles. The standard InChI is InChI=1S/C12H6Br2O2Se/c13-7-1-3-9-10-4-2-8(14)6-12(10)17(15,16)11(9)5-7/h1-6H. The van der Waals surface area contributed by atoms with E-state index in [2.05, 4.69) is 31.9 Å². The van der Waals surface area contributed by atoms with Gasteiger partial charge in [-0.05, 0) is 0 Å². The average molecular weight is 421 g/mol. The molecule has 0 atom stereocenters. The molecule has 0 bridgehead atoms. The Balaban J connectivity index is 2.46. The molecule has 0 fully saturated rings. The minimum absolute atomic E-state index is 0.448. The molecule has 0 radical (unpaired) electrons. The van der Waals surface area contributed by atoms with Crippen molar-refractivity contribution >= 4 is 53.5 Å². The van der Waals surface area contributed by atoms with E-state index in [9.17, 15) is 7.67 Å². The van der Waals surface area contributed by atoms with Gasteiger partial charge in [0, 0.05) is 0 Å². The topological polar surface area (TPSA) is 34.1 Å². The summed E-state index contributed by atoms with van der Waals surface area (Å²) in [4.78, 5) is 0. The van der Waals surface area contributed by atoms with Crippen molar-refractivity contribution in [3.05, 3.63) is 45.3 Å². The van der Waals surface area contributed by atoms with Gasteiger partial charge in [-0.25, -0.2) is 0 Å². The van der Waals surface area contributed by atoms with Crippen LogP contribution in [-0.2, 0) is 7.67 Å². The number of halogens is 2. The van der Waals surface area contributed by atoms with Crippen LogP contribution in [0.25, 0.3) is 11.1 Å². The minimum atomic E-state index is -4.20. The quantitative estimate of drug-likeness (QED) is 0.524. The van der Waals surface area contributed by atoms with Crippen molar-refractivity contribution in [1.29, 1.82) is 0 Å². The van der Waals surface area contributed by atoms with E-state index >= 15 is 0 Å². The summed E-state index contributed by atoms with van der Waals surface area (Å²) in [5.41, 5.74) is 1.61. The summed E-state index contributed by atoms with van der Waals surface area (Å²) >= 11 is 2.43. The predicted octanol–water partition coefficient (Wildman–Crippen LogP) is 2.61. The monoisotopic (exact) mass is 420 g/mol. The molecule has 0 spiro atoms. The van der Waals surface area contributed by atoms with Crippen LogP contribution in [0.1, 0.15) is 0 Å². The van der Waals surface area contributed by atoms with Crippen LogP contribution in [0.15, 0.2) is 45.3 Å². The zero-order valence-electron chi connectivity index (χ0n) is 8.44. The molecule has 2 aromatic carbocycles. The molecule has 1 aliphatic rings. The maximum atomic E-state index is 12.4. The summed E-state index contributed by atoms with van der Waals surface area (Å²) in [5, 5.41) is 0. The van der Waals surface area contributed by atoms with Crippen LogP contribution < -0.4 is 8.92 Å². The van der Waals surface area contributed by atoms with Gasteiger partial charge in [-0.3, -0.25) is 0 Å². The van der Waals surface area contributed by atoms with Crippen molar-refractivity contribution < 1.29 is 7.67 Å². The van der Waals surface area contributed by atoms with Gasteiger partial charge in [0.1, 0.15) is 0 Å². The van der Waals surface area contributed by atoms with Crippen LogP contribution >= 0.6 is 31.9 Å². The number of hydrogen-bond acceptors (Lipinski definition) is 2. The molecule has 5 heteroatoms. The second kappa shape index (κ2) is 3.75. The van der Waals surface area contributed by atoms with E-state index in [4.69, 9.17) is 0 Å². The van der Waals surface area contributed by atoms with Gasteiger partial charge < -0.3 is 0 Å². The van der Waals surface area contributed by atoms with Crippen LogP contribution in [-0.4, -0.2) is 12.7 Å². The van der Waals surface area contributed by atoms with Gasteiger partial charge in [-0.2, -0.15) is 0 Å². The Bertz CT molecular complexity index is 679. The van der Waals surface area contributed by atoms with Crippen molar-refractivity contribution in [2.45, 2.75) is 0 Å². The van der Waals surface area contributed by atoms with Crippen molar-refractivity contribution in [1.82, 2.24) is 0 Å². The molecule has 17 heavy (non-hydrogen) atoms. The summed E-state index contributed by atoms with van der Waals surface area (Å²) < 4.78 is 27.3.